The Kier molecular flexibility index (Phi) is 4.72. The highest BCUT2D eigenvalue weighted by Gasteiger charge is 2.14. The predicted molar refractivity (Wildman–Crippen MR) is 54.5 cm³/mol. The van der Waals surface area contributed by atoms with Crippen molar-refractivity contribution in [3.05, 3.63) is 9.88 Å². The van der Waals surface area contributed by atoms with Gasteiger partial charge >= 0.3 is 5.97 Å². The van der Waals surface area contributed by atoms with Crippen LogP contribution < -0.4 is 5.73 Å². The lowest BCUT2D eigenvalue weighted by Gasteiger charge is -1.97. The summed E-state index contributed by atoms with van der Waals surface area (Å²) in [6.45, 7) is 3.90. The molecule has 0 fully saturated rings. The molecule has 0 spiro atoms. The van der Waals surface area contributed by atoms with Gasteiger partial charge in [-0.1, -0.05) is 0 Å². The second kappa shape index (κ2) is 5.04. The smallest absolute Gasteiger partial charge is 0.352 e. The number of carbonyl (C=O) groups excluding carboxylic acids is 1. The molecule has 0 saturated heterocycles. The topological polar surface area (TPSA) is 65.2 Å². The van der Waals surface area contributed by atoms with Crippen molar-refractivity contribution in [2.45, 2.75) is 13.8 Å². The third kappa shape index (κ3) is 2.86. The number of carbonyl (C=O) groups is 1. The number of nitrogen functional groups attached to an aromatic ring is 1. The Bertz CT molecular complexity index is 301. The van der Waals surface area contributed by atoms with Crippen LogP contribution in [-0.4, -0.2) is 17.6 Å². The molecule has 1 rings (SSSR count). The average Bonchev–Trinajstić information content (AvgIpc) is 2.30. The van der Waals surface area contributed by atoms with Crippen molar-refractivity contribution in [3.8, 4) is 0 Å². The fourth-order valence-electron chi connectivity index (χ4n) is 0.786. The van der Waals surface area contributed by atoms with Gasteiger partial charge < -0.3 is 10.5 Å². The molecular weight excluding hydrogens is 212 g/mol. The minimum Gasteiger partial charge on any atom is -0.462 e. The van der Waals surface area contributed by atoms with E-state index in [1.54, 1.807) is 13.8 Å². The quantitative estimate of drug-likeness (QED) is 0.773. The Morgan fingerprint density at radius 3 is 2.69 bits per heavy atom. The average molecular weight is 223 g/mol. The molecule has 0 radical (unpaired) electrons. The fourth-order valence-corrected chi connectivity index (χ4v) is 1.52. The van der Waals surface area contributed by atoms with Crippen LogP contribution >= 0.6 is 23.7 Å². The maximum absolute atomic E-state index is 11.1. The molecule has 1 aromatic rings. The molecule has 0 aromatic carbocycles. The van der Waals surface area contributed by atoms with E-state index in [1.165, 1.54) is 11.3 Å². The van der Waals surface area contributed by atoms with Crippen molar-refractivity contribution in [1.82, 2.24) is 4.98 Å². The molecule has 0 saturated carbocycles. The lowest BCUT2D eigenvalue weighted by atomic mass is 10.5. The van der Waals surface area contributed by atoms with E-state index in [0.29, 0.717) is 11.5 Å². The summed E-state index contributed by atoms with van der Waals surface area (Å²) < 4.78 is 4.77. The summed E-state index contributed by atoms with van der Waals surface area (Å²) in [4.78, 5) is 15.5. The van der Waals surface area contributed by atoms with Gasteiger partial charge in [0.15, 0.2) is 4.88 Å². The largest absolute Gasteiger partial charge is 0.462 e. The number of thiazole rings is 1. The van der Waals surface area contributed by atoms with Gasteiger partial charge in [0, 0.05) is 0 Å². The van der Waals surface area contributed by atoms with E-state index >= 15 is 0 Å². The Balaban J connectivity index is 0.00000144. The minimum absolute atomic E-state index is 0. The Hall–Kier alpha value is -0.810. The lowest BCUT2D eigenvalue weighted by Crippen LogP contribution is -2.05. The zero-order chi connectivity index (χ0) is 9.14. The molecule has 0 atom stereocenters. The number of hydrogen-bond acceptors (Lipinski definition) is 5. The van der Waals surface area contributed by atoms with Gasteiger partial charge in [-0.05, 0) is 13.8 Å². The summed E-state index contributed by atoms with van der Waals surface area (Å²) in [7, 11) is 0. The highest BCUT2D eigenvalue weighted by Crippen LogP contribution is 2.20. The molecule has 0 amide bonds. The minimum atomic E-state index is -0.388. The molecule has 0 aliphatic carbocycles. The van der Waals surface area contributed by atoms with Crippen LogP contribution in [0, 0.1) is 6.92 Å². The first-order valence-electron chi connectivity index (χ1n) is 3.55. The summed E-state index contributed by atoms with van der Waals surface area (Å²) in [6.07, 6.45) is 0. The van der Waals surface area contributed by atoms with Crippen LogP contribution in [0.4, 0.5) is 5.82 Å². The summed E-state index contributed by atoms with van der Waals surface area (Å²) in [6, 6.07) is 0. The number of ether oxygens (including phenoxy) is 1. The van der Waals surface area contributed by atoms with Gasteiger partial charge in [0.25, 0.3) is 0 Å². The van der Waals surface area contributed by atoms with Crippen LogP contribution in [0.2, 0.25) is 0 Å². The molecule has 1 aromatic heterocycles. The van der Waals surface area contributed by atoms with Crippen molar-refractivity contribution in [3.63, 3.8) is 0 Å². The predicted octanol–water partition coefficient (Wildman–Crippen LogP) is 1.63. The molecule has 6 heteroatoms. The molecule has 0 aliphatic rings. The van der Waals surface area contributed by atoms with Crippen LogP contribution in [-0.2, 0) is 4.74 Å². The van der Waals surface area contributed by atoms with E-state index in [4.69, 9.17) is 10.5 Å². The molecule has 1 heterocycles. The first-order valence-corrected chi connectivity index (χ1v) is 4.36. The van der Waals surface area contributed by atoms with Crippen molar-refractivity contribution >= 4 is 35.5 Å². The van der Waals surface area contributed by atoms with E-state index in [-0.39, 0.29) is 24.2 Å². The maximum Gasteiger partial charge on any atom is 0.352 e. The van der Waals surface area contributed by atoms with Crippen LogP contribution in [0.15, 0.2) is 0 Å². The second-order valence-electron chi connectivity index (χ2n) is 2.17. The van der Waals surface area contributed by atoms with Gasteiger partial charge in [0.2, 0.25) is 0 Å². The van der Waals surface area contributed by atoms with E-state index in [1.807, 2.05) is 0 Å². The SMILES string of the molecule is CCOC(=O)c1sc(C)nc1N.Cl. The van der Waals surface area contributed by atoms with Crippen molar-refractivity contribution in [1.29, 1.82) is 0 Å². The summed E-state index contributed by atoms with van der Waals surface area (Å²) in [5.74, 6) is -0.128. The molecule has 0 bridgehead atoms. The number of hydrogen-bond donors (Lipinski definition) is 1. The fraction of sp³-hybridized carbons (Fsp3) is 0.429. The molecular formula is C7H11ClN2O2S. The molecule has 0 unspecified atom stereocenters. The lowest BCUT2D eigenvalue weighted by molar-refractivity contribution is 0.0533. The van der Waals surface area contributed by atoms with Crippen LogP contribution in [0.1, 0.15) is 21.6 Å². The Morgan fingerprint density at radius 1 is 1.69 bits per heavy atom. The molecule has 74 valence electrons. The van der Waals surface area contributed by atoms with Crippen molar-refractivity contribution in [2.75, 3.05) is 12.3 Å². The third-order valence-corrected chi connectivity index (χ3v) is 2.19. The van der Waals surface area contributed by atoms with Crippen LogP contribution in [0.5, 0.6) is 0 Å². The number of anilines is 1. The molecule has 13 heavy (non-hydrogen) atoms. The highest BCUT2D eigenvalue weighted by molar-refractivity contribution is 7.14. The van der Waals surface area contributed by atoms with Gasteiger partial charge in [0.05, 0.1) is 11.6 Å². The van der Waals surface area contributed by atoms with E-state index < -0.39 is 0 Å². The van der Waals surface area contributed by atoms with Gasteiger partial charge in [-0.3, -0.25) is 0 Å². The van der Waals surface area contributed by atoms with Gasteiger partial charge in [-0.25, -0.2) is 9.78 Å². The maximum atomic E-state index is 11.1. The first-order chi connectivity index (χ1) is 5.65. The molecule has 0 aliphatic heterocycles. The van der Waals surface area contributed by atoms with Gasteiger partial charge in [0.1, 0.15) is 5.82 Å². The first kappa shape index (κ1) is 12.2. The van der Waals surface area contributed by atoms with E-state index in [2.05, 4.69) is 4.98 Å². The number of halogens is 1. The number of esters is 1. The van der Waals surface area contributed by atoms with E-state index in [9.17, 15) is 4.79 Å². The highest BCUT2D eigenvalue weighted by atomic mass is 35.5. The molecule has 4 nitrogen and oxygen atoms in total. The van der Waals surface area contributed by atoms with Crippen LogP contribution in [0.25, 0.3) is 0 Å². The number of rotatable bonds is 2. The molecule has 2 N–H and O–H groups in total. The normalized spacial score (nSPS) is 9.08. The van der Waals surface area contributed by atoms with Crippen LogP contribution in [0.3, 0.4) is 0 Å². The van der Waals surface area contributed by atoms with Crippen molar-refractivity contribution < 1.29 is 9.53 Å². The third-order valence-electron chi connectivity index (χ3n) is 1.22. The second-order valence-corrected chi connectivity index (χ2v) is 3.37. The number of nitrogens with zero attached hydrogens (tertiary/aromatic N) is 1. The Morgan fingerprint density at radius 2 is 2.31 bits per heavy atom. The van der Waals surface area contributed by atoms with Crippen molar-refractivity contribution in [2.24, 2.45) is 0 Å². The zero-order valence-electron chi connectivity index (χ0n) is 7.36. The number of aromatic nitrogens is 1. The summed E-state index contributed by atoms with van der Waals surface area (Å²) in [5.41, 5.74) is 5.47. The summed E-state index contributed by atoms with van der Waals surface area (Å²) >= 11 is 1.25. The monoisotopic (exact) mass is 222 g/mol. The standard InChI is InChI=1S/C7H10N2O2S.ClH/c1-3-11-7(10)5-6(8)9-4(2)12-5;/h3,8H2,1-2H3;1H. The summed E-state index contributed by atoms with van der Waals surface area (Å²) in [5, 5.41) is 0.774. The zero-order valence-corrected chi connectivity index (χ0v) is 9.00. The van der Waals surface area contributed by atoms with Gasteiger partial charge in [-0.2, -0.15) is 0 Å². The van der Waals surface area contributed by atoms with Gasteiger partial charge in [-0.15, -0.1) is 23.7 Å². The van der Waals surface area contributed by atoms with E-state index in [0.717, 1.165) is 5.01 Å². The Labute approximate surface area is 86.5 Å². The number of nitrogens with two attached hydrogens (primary N) is 1. The number of aryl methyl sites for hydroxylation is 1.